The zero-order valence-electron chi connectivity index (χ0n) is 24.2. The predicted molar refractivity (Wildman–Crippen MR) is 159 cm³/mol. The first-order chi connectivity index (χ1) is 19.4. The summed E-state index contributed by atoms with van der Waals surface area (Å²) in [6.07, 6.45) is 1.39. The van der Waals surface area contributed by atoms with Crippen molar-refractivity contribution in [2.75, 3.05) is 23.8 Å². The summed E-state index contributed by atoms with van der Waals surface area (Å²) in [4.78, 5) is 34.5. The zero-order chi connectivity index (χ0) is 29.9. The molecule has 2 heterocycles. The van der Waals surface area contributed by atoms with Gasteiger partial charge in [0.05, 0.1) is 5.41 Å². The van der Waals surface area contributed by atoms with Gasteiger partial charge in [-0.1, -0.05) is 51.1 Å². The number of carbonyl (C=O) groups excluding carboxylic acids is 3. The summed E-state index contributed by atoms with van der Waals surface area (Å²) in [5.74, 6) is -0.793. The van der Waals surface area contributed by atoms with Gasteiger partial charge in [-0.25, -0.2) is 4.39 Å². The second-order valence-electron chi connectivity index (χ2n) is 12.0. The first kappa shape index (κ1) is 30.1. The summed E-state index contributed by atoms with van der Waals surface area (Å²) in [6, 6.07) is 17.9. The first-order valence-corrected chi connectivity index (χ1v) is 13.8. The van der Waals surface area contributed by atoms with Crippen molar-refractivity contribution in [3.05, 3.63) is 94.3 Å². The lowest BCUT2D eigenvalue weighted by Crippen LogP contribution is -2.49. The Bertz CT molecular complexity index is 1450. The molecule has 2 aliphatic rings. The average molecular weight is 560 g/mol. The van der Waals surface area contributed by atoms with Gasteiger partial charge in [-0.05, 0) is 78.3 Å². The van der Waals surface area contributed by atoms with Crippen LogP contribution >= 0.6 is 0 Å². The molecule has 2 unspecified atom stereocenters. The first-order valence-electron chi connectivity index (χ1n) is 13.8. The maximum absolute atomic E-state index is 15.2. The molecule has 2 aliphatic heterocycles. The maximum Gasteiger partial charge on any atom is 0.237 e. The number of carbonyl (C=O) groups is 3. The topological polar surface area (TPSA) is 108 Å². The van der Waals surface area contributed by atoms with E-state index >= 15 is 4.39 Å². The van der Waals surface area contributed by atoms with Gasteiger partial charge in [0.1, 0.15) is 12.4 Å². The summed E-state index contributed by atoms with van der Waals surface area (Å²) in [5.41, 5.74) is 4.50. The molecule has 3 aromatic rings. The van der Waals surface area contributed by atoms with Gasteiger partial charge in [0.15, 0.2) is 5.78 Å². The Hall–Kier alpha value is -3.88. The van der Waals surface area contributed by atoms with E-state index in [0.29, 0.717) is 35.3 Å². The second-order valence-corrected chi connectivity index (χ2v) is 12.0. The van der Waals surface area contributed by atoms with Gasteiger partial charge in [-0.2, -0.15) is 0 Å². The molecule has 0 saturated carbocycles. The van der Waals surface area contributed by atoms with E-state index in [4.69, 9.17) is 5.11 Å². The number of aliphatic hydroxyl groups excluding tert-OH is 1. The number of halogens is 1. The number of ketones is 1. The number of benzene rings is 3. The highest BCUT2D eigenvalue weighted by Gasteiger charge is 2.61. The van der Waals surface area contributed by atoms with Crippen LogP contribution in [0.3, 0.4) is 0 Å². The number of aliphatic hydroxyl groups is 1. The lowest BCUT2D eigenvalue weighted by atomic mass is 9.63. The Kier molecular flexibility index (Phi) is 8.75. The Balaban J connectivity index is 0.000000251. The van der Waals surface area contributed by atoms with Crippen molar-refractivity contribution in [3.8, 4) is 0 Å². The molecular formula is C33H38FN3O4. The molecule has 2 amide bonds. The fraction of sp³-hybridized carbons (Fsp3) is 0.364. The number of rotatable bonds is 6. The number of amides is 2. The van der Waals surface area contributed by atoms with Crippen LogP contribution in [0.1, 0.15) is 65.7 Å². The largest absolute Gasteiger partial charge is 0.388 e. The van der Waals surface area contributed by atoms with Crippen LogP contribution in [0, 0.1) is 25.1 Å². The van der Waals surface area contributed by atoms with Crippen molar-refractivity contribution in [2.24, 2.45) is 5.41 Å². The van der Waals surface area contributed by atoms with E-state index in [0.717, 1.165) is 23.2 Å². The van der Waals surface area contributed by atoms with Crippen molar-refractivity contribution < 1.29 is 23.9 Å². The SMILES string of the molecule is Cc1ccc2c(c1)NC(=O)[C@@]21C(CC(C)(C)C)NCC1c1cccc(C)c1F.O=CNc1ccc(C(=O)CO)cc1. The van der Waals surface area contributed by atoms with E-state index in [2.05, 4.69) is 48.9 Å². The third-order valence-corrected chi connectivity index (χ3v) is 7.90. The summed E-state index contributed by atoms with van der Waals surface area (Å²) in [7, 11) is 0. The lowest BCUT2D eigenvalue weighted by molar-refractivity contribution is -0.122. The van der Waals surface area contributed by atoms with Crippen LogP contribution < -0.4 is 16.0 Å². The third-order valence-electron chi connectivity index (χ3n) is 7.90. The second kappa shape index (κ2) is 11.9. The summed E-state index contributed by atoms with van der Waals surface area (Å²) in [5, 5.41) is 17.7. The van der Waals surface area contributed by atoms with Gasteiger partial charge in [-0.3, -0.25) is 14.4 Å². The van der Waals surface area contributed by atoms with Crippen LogP contribution in [0.4, 0.5) is 15.8 Å². The van der Waals surface area contributed by atoms with Crippen molar-refractivity contribution in [1.82, 2.24) is 5.32 Å². The maximum atomic E-state index is 15.2. The molecule has 3 aromatic carbocycles. The van der Waals surface area contributed by atoms with Crippen LogP contribution in [0.2, 0.25) is 0 Å². The number of fused-ring (bicyclic) bond motifs is 2. The molecule has 0 aliphatic carbocycles. The molecule has 216 valence electrons. The molecule has 0 aromatic heterocycles. The highest BCUT2D eigenvalue weighted by Crippen LogP contribution is 2.54. The fourth-order valence-electron chi connectivity index (χ4n) is 6.04. The van der Waals surface area contributed by atoms with Gasteiger partial charge in [-0.15, -0.1) is 0 Å². The molecule has 5 rings (SSSR count). The molecule has 1 saturated heterocycles. The van der Waals surface area contributed by atoms with E-state index in [1.54, 1.807) is 37.3 Å². The molecule has 1 fully saturated rings. The molecule has 0 bridgehead atoms. The normalized spacial score (nSPS) is 21.1. The van der Waals surface area contributed by atoms with Crippen LogP contribution in [-0.2, 0) is 15.0 Å². The monoisotopic (exact) mass is 559 g/mol. The minimum absolute atomic E-state index is 0.0155. The molecule has 41 heavy (non-hydrogen) atoms. The van der Waals surface area contributed by atoms with Crippen molar-refractivity contribution >= 4 is 29.5 Å². The summed E-state index contributed by atoms with van der Waals surface area (Å²) < 4.78 is 15.2. The van der Waals surface area contributed by atoms with E-state index in [9.17, 15) is 14.4 Å². The Morgan fingerprint density at radius 2 is 1.83 bits per heavy atom. The van der Waals surface area contributed by atoms with Crippen LogP contribution in [0.5, 0.6) is 0 Å². The highest BCUT2D eigenvalue weighted by atomic mass is 19.1. The Labute approximate surface area is 240 Å². The summed E-state index contributed by atoms with van der Waals surface area (Å²) in [6.45, 7) is 10.5. The standard InChI is InChI=1S/C24H29FN2O.C9H9NO3/c1-14-9-10-17-19(11-14)27-22(28)24(17)18(13-26-20(24)12-23(3,4)5)16-8-6-7-15(2)21(16)25;11-5-9(13)7-1-3-8(4-2-7)10-6-12/h6-11,18,20,26H,12-13H2,1-5H3,(H,27,28);1-4,6,11H,5H2,(H,10,12)/t18?,20?,24-;/m0./s1. The fourth-order valence-corrected chi connectivity index (χ4v) is 6.04. The summed E-state index contributed by atoms with van der Waals surface area (Å²) >= 11 is 0. The van der Waals surface area contributed by atoms with Crippen LogP contribution in [-0.4, -0.2) is 42.4 Å². The number of hydrogen-bond donors (Lipinski definition) is 4. The van der Waals surface area contributed by atoms with Crippen molar-refractivity contribution in [1.29, 1.82) is 0 Å². The smallest absolute Gasteiger partial charge is 0.237 e. The van der Waals surface area contributed by atoms with Gasteiger partial charge < -0.3 is 21.1 Å². The van der Waals surface area contributed by atoms with E-state index in [1.165, 1.54) is 0 Å². The Morgan fingerprint density at radius 1 is 1.12 bits per heavy atom. The van der Waals surface area contributed by atoms with Crippen molar-refractivity contribution in [3.63, 3.8) is 0 Å². The van der Waals surface area contributed by atoms with Gasteiger partial charge >= 0.3 is 0 Å². The number of anilines is 2. The number of aryl methyl sites for hydroxylation is 2. The molecule has 0 radical (unpaired) electrons. The Morgan fingerprint density at radius 3 is 2.46 bits per heavy atom. The van der Waals surface area contributed by atoms with Gasteiger partial charge in [0, 0.05) is 35.4 Å². The quantitative estimate of drug-likeness (QED) is 0.244. The molecule has 1 spiro atoms. The molecule has 4 N–H and O–H groups in total. The van der Waals surface area contributed by atoms with E-state index < -0.39 is 12.0 Å². The number of Topliss-reactive ketones (excluding diaryl/α,β-unsaturated/α-hetero) is 1. The minimum atomic E-state index is -0.801. The lowest BCUT2D eigenvalue weighted by Gasteiger charge is -2.37. The van der Waals surface area contributed by atoms with E-state index in [-0.39, 0.29) is 34.9 Å². The minimum Gasteiger partial charge on any atom is -0.388 e. The predicted octanol–water partition coefficient (Wildman–Crippen LogP) is 5.25. The van der Waals surface area contributed by atoms with Gasteiger partial charge in [0.25, 0.3) is 0 Å². The zero-order valence-corrected chi connectivity index (χ0v) is 24.2. The van der Waals surface area contributed by atoms with E-state index in [1.807, 2.05) is 25.1 Å². The van der Waals surface area contributed by atoms with Crippen LogP contribution in [0.15, 0.2) is 60.7 Å². The number of hydrogen-bond acceptors (Lipinski definition) is 5. The molecule has 8 heteroatoms. The average Bonchev–Trinajstić information content (AvgIpc) is 3.42. The third kappa shape index (κ3) is 5.94. The van der Waals surface area contributed by atoms with Gasteiger partial charge in [0.2, 0.25) is 12.3 Å². The molecular weight excluding hydrogens is 521 g/mol. The molecule has 3 atom stereocenters. The number of nitrogens with one attached hydrogen (secondary N) is 3. The van der Waals surface area contributed by atoms with Crippen molar-refractivity contribution in [2.45, 2.75) is 58.4 Å². The van der Waals surface area contributed by atoms with Crippen LogP contribution in [0.25, 0.3) is 0 Å². The highest BCUT2D eigenvalue weighted by molar-refractivity contribution is 6.08. The molecule has 7 nitrogen and oxygen atoms in total.